The van der Waals surface area contributed by atoms with Crippen LogP contribution >= 0.6 is 0 Å². The summed E-state index contributed by atoms with van der Waals surface area (Å²) in [6.07, 6.45) is 6.66. The smallest absolute Gasteiger partial charge is 0.240 e. The molecule has 0 aliphatic carbocycles. The molecule has 1 amide bonds. The number of rotatable bonds is 8. The maximum Gasteiger partial charge on any atom is 0.240 e. The third-order valence-electron chi connectivity index (χ3n) is 5.00. The summed E-state index contributed by atoms with van der Waals surface area (Å²) < 4.78 is 39.5. The summed E-state index contributed by atoms with van der Waals surface area (Å²) in [5.74, 6) is 0.179. The molecule has 3 rings (SSSR count). The normalized spacial score (nSPS) is 14.9. The van der Waals surface area contributed by atoms with Gasteiger partial charge in [-0.2, -0.15) is 0 Å². The van der Waals surface area contributed by atoms with Crippen molar-refractivity contribution in [3.63, 3.8) is 0 Å². The molecule has 0 bridgehead atoms. The van der Waals surface area contributed by atoms with Gasteiger partial charge in [-0.1, -0.05) is 18.9 Å². The molecule has 1 aliphatic rings. The van der Waals surface area contributed by atoms with Crippen LogP contribution in [0.15, 0.2) is 47.5 Å². The quantitative estimate of drug-likeness (QED) is 0.666. The topological polar surface area (TPSA) is 91.4 Å². The maximum absolute atomic E-state index is 12.9. The van der Waals surface area contributed by atoms with Gasteiger partial charge in [0.1, 0.15) is 11.6 Å². The molecular weight excluding hydrogens is 407 g/mol. The SMILES string of the molecule is O=C(CCNS(=O)(=O)c1ccc(F)cc1)NCc1ccc(N2CCCCCC2)nc1. The number of nitrogens with zero attached hydrogens (tertiary/aromatic N) is 2. The minimum Gasteiger partial charge on any atom is -0.357 e. The lowest BCUT2D eigenvalue weighted by Crippen LogP contribution is -2.30. The molecule has 30 heavy (non-hydrogen) atoms. The molecule has 0 radical (unpaired) electrons. The minimum absolute atomic E-state index is 0.000283. The van der Waals surface area contributed by atoms with E-state index in [-0.39, 0.29) is 23.8 Å². The first-order chi connectivity index (χ1) is 14.4. The van der Waals surface area contributed by atoms with Gasteiger partial charge in [0.25, 0.3) is 0 Å². The first-order valence-corrected chi connectivity index (χ1v) is 11.6. The van der Waals surface area contributed by atoms with Crippen molar-refractivity contribution in [2.45, 2.75) is 43.5 Å². The summed E-state index contributed by atoms with van der Waals surface area (Å²) >= 11 is 0. The molecule has 162 valence electrons. The van der Waals surface area contributed by atoms with Crippen molar-refractivity contribution in [1.29, 1.82) is 0 Å². The van der Waals surface area contributed by atoms with Crippen molar-refractivity contribution in [3.8, 4) is 0 Å². The third kappa shape index (κ3) is 6.50. The molecule has 0 saturated carbocycles. The number of anilines is 1. The van der Waals surface area contributed by atoms with Gasteiger partial charge in [0.2, 0.25) is 15.9 Å². The first-order valence-electron chi connectivity index (χ1n) is 10.2. The van der Waals surface area contributed by atoms with E-state index < -0.39 is 15.8 Å². The van der Waals surface area contributed by atoms with Crippen molar-refractivity contribution in [2.24, 2.45) is 0 Å². The molecule has 0 spiro atoms. The standard InChI is InChI=1S/C21H27FN4O3S/c22-18-6-8-19(9-7-18)30(28,29)25-12-11-21(27)24-16-17-5-10-20(23-15-17)26-13-3-1-2-4-14-26/h5-10,15,25H,1-4,11-14,16H2,(H,24,27). The van der Waals surface area contributed by atoms with E-state index in [1.807, 2.05) is 12.1 Å². The van der Waals surface area contributed by atoms with Crippen LogP contribution in [0.25, 0.3) is 0 Å². The van der Waals surface area contributed by atoms with Crippen LogP contribution in [0.4, 0.5) is 10.2 Å². The van der Waals surface area contributed by atoms with Crippen LogP contribution in [0, 0.1) is 5.82 Å². The number of carbonyl (C=O) groups is 1. The van der Waals surface area contributed by atoms with E-state index in [4.69, 9.17) is 0 Å². The van der Waals surface area contributed by atoms with Gasteiger partial charge in [0.05, 0.1) is 4.90 Å². The number of aromatic nitrogens is 1. The molecule has 2 aromatic rings. The highest BCUT2D eigenvalue weighted by Gasteiger charge is 2.14. The van der Waals surface area contributed by atoms with Gasteiger partial charge in [-0.15, -0.1) is 0 Å². The van der Waals surface area contributed by atoms with E-state index in [1.165, 1.54) is 37.8 Å². The highest BCUT2D eigenvalue weighted by molar-refractivity contribution is 7.89. The predicted octanol–water partition coefficient (Wildman–Crippen LogP) is 2.59. The van der Waals surface area contributed by atoms with Gasteiger partial charge in [0.15, 0.2) is 0 Å². The molecule has 1 aromatic carbocycles. The fourth-order valence-electron chi connectivity index (χ4n) is 3.29. The lowest BCUT2D eigenvalue weighted by molar-refractivity contribution is -0.121. The molecule has 1 saturated heterocycles. The number of halogens is 1. The number of pyridine rings is 1. The zero-order valence-electron chi connectivity index (χ0n) is 16.8. The molecule has 1 aromatic heterocycles. The predicted molar refractivity (Wildman–Crippen MR) is 113 cm³/mol. The Bertz CT molecular complexity index is 926. The van der Waals surface area contributed by atoms with Gasteiger partial charge in [-0.3, -0.25) is 4.79 Å². The second-order valence-electron chi connectivity index (χ2n) is 7.30. The highest BCUT2D eigenvalue weighted by Crippen LogP contribution is 2.17. The van der Waals surface area contributed by atoms with Crippen molar-refractivity contribution < 1.29 is 17.6 Å². The first kappa shape index (κ1) is 22.2. The van der Waals surface area contributed by atoms with Crippen LogP contribution < -0.4 is 14.9 Å². The van der Waals surface area contributed by atoms with Gasteiger partial charge in [-0.25, -0.2) is 22.5 Å². The summed E-state index contributed by atoms with van der Waals surface area (Å²) in [6, 6.07) is 8.44. The zero-order chi connectivity index (χ0) is 21.4. The Morgan fingerprint density at radius 3 is 2.37 bits per heavy atom. The molecule has 0 unspecified atom stereocenters. The molecule has 2 heterocycles. The third-order valence-corrected chi connectivity index (χ3v) is 6.47. The van der Waals surface area contributed by atoms with Gasteiger partial charge in [0, 0.05) is 38.8 Å². The second-order valence-corrected chi connectivity index (χ2v) is 9.07. The fourth-order valence-corrected chi connectivity index (χ4v) is 4.32. The van der Waals surface area contributed by atoms with Crippen LogP contribution in [0.3, 0.4) is 0 Å². The summed E-state index contributed by atoms with van der Waals surface area (Å²) in [7, 11) is -3.77. The van der Waals surface area contributed by atoms with Crippen molar-refractivity contribution >= 4 is 21.7 Å². The van der Waals surface area contributed by atoms with E-state index in [1.54, 1.807) is 6.20 Å². The lowest BCUT2D eigenvalue weighted by atomic mass is 10.2. The Balaban J connectivity index is 1.41. The Labute approximate surface area is 176 Å². The molecule has 0 atom stereocenters. The monoisotopic (exact) mass is 434 g/mol. The Morgan fingerprint density at radius 1 is 1.03 bits per heavy atom. The van der Waals surface area contributed by atoms with Crippen LogP contribution in [0.1, 0.15) is 37.7 Å². The maximum atomic E-state index is 12.9. The van der Waals surface area contributed by atoms with Crippen LogP contribution in [0.5, 0.6) is 0 Å². The number of amides is 1. The van der Waals surface area contributed by atoms with Crippen molar-refractivity contribution in [3.05, 3.63) is 54.0 Å². The molecule has 9 heteroatoms. The number of carbonyl (C=O) groups excluding carboxylic acids is 1. The van der Waals surface area contributed by atoms with E-state index in [2.05, 4.69) is 19.9 Å². The molecule has 2 N–H and O–H groups in total. The largest absolute Gasteiger partial charge is 0.357 e. The van der Waals surface area contributed by atoms with Crippen molar-refractivity contribution in [1.82, 2.24) is 15.0 Å². The molecular formula is C21H27FN4O3S. The highest BCUT2D eigenvalue weighted by atomic mass is 32.2. The number of nitrogens with one attached hydrogen (secondary N) is 2. The Morgan fingerprint density at radius 2 is 1.73 bits per heavy atom. The zero-order valence-corrected chi connectivity index (χ0v) is 17.6. The van der Waals surface area contributed by atoms with E-state index in [9.17, 15) is 17.6 Å². The minimum atomic E-state index is -3.77. The van der Waals surface area contributed by atoms with Crippen molar-refractivity contribution in [2.75, 3.05) is 24.5 Å². The summed E-state index contributed by atoms with van der Waals surface area (Å²) in [5, 5.41) is 2.76. The summed E-state index contributed by atoms with van der Waals surface area (Å²) in [5.41, 5.74) is 0.883. The van der Waals surface area contributed by atoms with Crippen LogP contribution in [-0.4, -0.2) is 38.9 Å². The second kappa shape index (κ2) is 10.5. The molecule has 1 fully saturated rings. The number of hydrogen-bond acceptors (Lipinski definition) is 5. The van der Waals surface area contributed by atoms with E-state index >= 15 is 0 Å². The van der Waals surface area contributed by atoms with Gasteiger partial charge in [-0.05, 0) is 48.7 Å². The summed E-state index contributed by atoms with van der Waals surface area (Å²) in [4.78, 5) is 18.8. The molecule has 1 aliphatic heterocycles. The number of hydrogen-bond donors (Lipinski definition) is 2. The van der Waals surface area contributed by atoms with E-state index in [0.29, 0.717) is 6.54 Å². The summed E-state index contributed by atoms with van der Waals surface area (Å²) in [6.45, 7) is 2.34. The molecule has 7 nitrogen and oxygen atoms in total. The fraction of sp³-hybridized carbons (Fsp3) is 0.429. The average Bonchev–Trinajstić information content (AvgIpc) is 3.02. The Kier molecular flexibility index (Phi) is 7.75. The van der Waals surface area contributed by atoms with Crippen LogP contribution in [0.2, 0.25) is 0 Å². The lowest BCUT2D eigenvalue weighted by Gasteiger charge is -2.21. The van der Waals surface area contributed by atoms with E-state index in [0.717, 1.165) is 36.6 Å². The number of benzene rings is 1. The average molecular weight is 435 g/mol. The Hall–Kier alpha value is -2.52. The van der Waals surface area contributed by atoms with Gasteiger partial charge >= 0.3 is 0 Å². The van der Waals surface area contributed by atoms with Gasteiger partial charge < -0.3 is 10.2 Å². The number of sulfonamides is 1. The van der Waals surface area contributed by atoms with Crippen LogP contribution in [-0.2, 0) is 21.4 Å².